The average molecular weight is 286 g/mol. The Labute approximate surface area is 120 Å². The Morgan fingerprint density at radius 3 is 2.70 bits per heavy atom. The highest BCUT2D eigenvalue weighted by Gasteiger charge is 2.30. The molecule has 0 saturated heterocycles. The third-order valence-corrected chi connectivity index (χ3v) is 3.71. The number of carbonyl (C=O) groups excluding carboxylic acids is 1. The number of methoxy groups -OCH3 is 1. The van der Waals surface area contributed by atoms with Gasteiger partial charge in [-0.1, -0.05) is 20.3 Å². The van der Waals surface area contributed by atoms with Crippen molar-refractivity contribution in [3.05, 3.63) is 0 Å². The molecule has 1 fully saturated rings. The van der Waals surface area contributed by atoms with Crippen molar-refractivity contribution in [1.82, 2.24) is 10.2 Å². The molecule has 1 aliphatic carbocycles. The molecule has 1 unspecified atom stereocenters. The van der Waals surface area contributed by atoms with Crippen LogP contribution in [0.25, 0.3) is 0 Å². The number of hydrogen-bond donors (Lipinski definition) is 2. The van der Waals surface area contributed by atoms with Crippen LogP contribution in [0.5, 0.6) is 0 Å². The second kappa shape index (κ2) is 7.47. The molecule has 0 bridgehead atoms. The van der Waals surface area contributed by atoms with Gasteiger partial charge in [0.15, 0.2) is 0 Å². The number of nitrogens with zero attached hydrogens (tertiary/aromatic N) is 1. The number of amides is 2. The maximum absolute atomic E-state index is 12.2. The minimum atomic E-state index is -1.01. The van der Waals surface area contributed by atoms with E-state index in [9.17, 15) is 9.59 Å². The SMILES string of the molecule is COCCN(CC(=O)O)C(=O)NC1CCCC(C)(C)C1. The largest absolute Gasteiger partial charge is 0.480 e. The van der Waals surface area contributed by atoms with Gasteiger partial charge in [-0.3, -0.25) is 4.79 Å². The van der Waals surface area contributed by atoms with Crippen molar-refractivity contribution in [2.24, 2.45) is 5.41 Å². The van der Waals surface area contributed by atoms with Crippen LogP contribution in [0.2, 0.25) is 0 Å². The van der Waals surface area contributed by atoms with Crippen molar-refractivity contribution < 1.29 is 19.4 Å². The van der Waals surface area contributed by atoms with E-state index in [0.29, 0.717) is 6.61 Å². The lowest BCUT2D eigenvalue weighted by atomic mass is 9.75. The zero-order valence-electron chi connectivity index (χ0n) is 12.6. The maximum atomic E-state index is 12.2. The van der Waals surface area contributed by atoms with Crippen LogP contribution >= 0.6 is 0 Å². The molecule has 0 aromatic rings. The maximum Gasteiger partial charge on any atom is 0.323 e. The molecular formula is C14H26N2O4. The van der Waals surface area contributed by atoms with E-state index in [0.717, 1.165) is 19.3 Å². The quantitative estimate of drug-likeness (QED) is 0.779. The van der Waals surface area contributed by atoms with Gasteiger partial charge in [-0.15, -0.1) is 0 Å². The molecule has 20 heavy (non-hydrogen) atoms. The minimum absolute atomic E-state index is 0.130. The lowest BCUT2D eigenvalue weighted by Gasteiger charge is -2.36. The van der Waals surface area contributed by atoms with Gasteiger partial charge in [0.2, 0.25) is 0 Å². The molecule has 0 aromatic heterocycles. The third-order valence-electron chi connectivity index (χ3n) is 3.71. The highest BCUT2D eigenvalue weighted by molar-refractivity contribution is 5.80. The van der Waals surface area contributed by atoms with E-state index < -0.39 is 5.97 Å². The van der Waals surface area contributed by atoms with Crippen LogP contribution in [0.3, 0.4) is 0 Å². The number of aliphatic carboxylic acids is 1. The van der Waals surface area contributed by atoms with Crippen molar-refractivity contribution in [2.45, 2.75) is 45.6 Å². The number of ether oxygens (including phenoxy) is 1. The first-order chi connectivity index (χ1) is 9.34. The molecule has 0 heterocycles. The van der Waals surface area contributed by atoms with E-state index in [1.807, 2.05) is 0 Å². The Balaban J connectivity index is 2.53. The molecule has 0 aliphatic heterocycles. The first-order valence-corrected chi connectivity index (χ1v) is 7.10. The number of rotatable bonds is 6. The van der Waals surface area contributed by atoms with Gasteiger partial charge in [0, 0.05) is 19.7 Å². The lowest BCUT2D eigenvalue weighted by molar-refractivity contribution is -0.137. The fourth-order valence-corrected chi connectivity index (χ4v) is 2.70. The predicted molar refractivity (Wildman–Crippen MR) is 75.7 cm³/mol. The Morgan fingerprint density at radius 1 is 1.45 bits per heavy atom. The van der Waals surface area contributed by atoms with Gasteiger partial charge in [0.25, 0.3) is 0 Å². The van der Waals surface area contributed by atoms with Crippen LogP contribution in [-0.2, 0) is 9.53 Å². The summed E-state index contributed by atoms with van der Waals surface area (Å²) < 4.78 is 4.91. The van der Waals surface area contributed by atoms with E-state index in [4.69, 9.17) is 9.84 Å². The second-order valence-corrected chi connectivity index (χ2v) is 6.22. The molecular weight excluding hydrogens is 260 g/mol. The van der Waals surface area contributed by atoms with E-state index >= 15 is 0 Å². The third kappa shape index (κ3) is 5.77. The molecule has 2 N–H and O–H groups in total. The van der Waals surface area contributed by atoms with Gasteiger partial charge in [0.05, 0.1) is 6.61 Å². The van der Waals surface area contributed by atoms with Gasteiger partial charge < -0.3 is 20.1 Å². The standard InChI is InChI=1S/C14H26N2O4/c1-14(2)6-4-5-11(9-14)15-13(19)16(7-8-20-3)10-12(17)18/h11H,4-10H2,1-3H3,(H,15,19)(H,17,18). The van der Waals surface area contributed by atoms with Crippen LogP contribution in [-0.4, -0.2) is 54.9 Å². The summed E-state index contributed by atoms with van der Waals surface area (Å²) in [6.07, 6.45) is 4.15. The monoisotopic (exact) mass is 286 g/mol. The summed E-state index contributed by atoms with van der Waals surface area (Å²) in [4.78, 5) is 24.3. The van der Waals surface area contributed by atoms with Crippen LogP contribution < -0.4 is 5.32 Å². The van der Waals surface area contributed by atoms with Gasteiger partial charge >= 0.3 is 12.0 Å². The number of carboxylic acids is 1. The highest BCUT2D eigenvalue weighted by atomic mass is 16.5. The molecule has 0 aromatic carbocycles. The number of carboxylic acid groups (broad SMARTS) is 1. The summed E-state index contributed by atoms with van der Waals surface area (Å²) in [6.45, 7) is 4.71. The van der Waals surface area contributed by atoms with Gasteiger partial charge in [0.1, 0.15) is 6.54 Å². The van der Waals surface area contributed by atoms with Crippen molar-refractivity contribution in [1.29, 1.82) is 0 Å². The summed E-state index contributed by atoms with van der Waals surface area (Å²) in [5.74, 6) is -1.01. The molecule has 1 rings (SSSR count). The van der Waals surface area contributed by atoms with Gasteiger partial charge in [-0.25, -0.2) is 4.79 Å². The van der Waals surface area contributed by atoms with Crippen LogP contribution in [0.15, 0.2) is 0 Å². The van der Waals surface area contributed by atoms with Crippen LogP contribution in [0.1, 0.15) is 39.5 Å². The topological polar surface area (TPSA) is 78.9 Å². The van der Waals surface area contributed by atoms with E-state index in [1.165, 1.54) is 18.4 Å². The molecule has 0 spiro atoms. The van der Waals surface area contributed by atoms with Crippen LogP contribution in [0.4, 0.5) is 4.79 Å². The number of urea groups is 1. The zero-order chi connectivity index (χ0) is 15.2. The Kier molecular flexibility index (Phi) is 6.26. The molecule has 6 nitrogen and oxygen atoms in total. The van der Waals surface area contributed by atoms with Crippen molar-refractivity contribution >= 4 is 12.0 Å². The highest BCUT2D eigenvalue weighted by Crippen LogP contribution is 2.35. The minimum Gasteiger partial charge on any atom is -0.480 e. The Morgan fingerprint density at radius 2 is 2.15 bits per heavy atom. The Bertz CT molecular complexity index is 344. The first kappa shape index (κ1) is 16.8. The second-order valence-electron chi connectivity index (χ2n) is 6.22. The molecule has 116 valence electrons. The predicted octanol–water partition coefficient (Wildman–Crippen LogP) is 1.70. The zero-order valence-corrected chi connectivity index (χ0v) is 12.6. The molecule has 1 atom stereocenters. The van der Waals surface area contributed by atoms with E-state index in [-0.39, 0.29) is 30.6 Å². The first-order valence-electron chi connectivity index (χ1n) is 7.10. The summed E-state index contributed by atoms with van der Waals surface area (Å²) in [7, 11) is 1.53. The fourth-order valence-electron chi connectivity index (χ4n) is 2.70. The lowest BCUT2D eigenvalue weighted by Crippen LogP contribution is -2.49. The number of hydrogen-bond acceptors (Lipinski definition) is 3. The number of nitrogens with one attached hydrogen (secondary N) is 1. The van der Waals surface area contributed by atoms with Gasteiger partial charge in [-0.2, -0.15) is 0 Å². The van der Waals surface area contributed by atoms with E-state index in [2.05, 4.69) is 19.2 Å². The molecule has 6 heteroatoms. The van der Waals surface area contributed by atoms with Crippen molar-refractivity contribution in [3.8, 4) is 0 Å². The van der Waals surface area contributed by atoms with Crippen molar-refractivity contribution in [3.63, 3.8) is 0 Å². The summed E-state index contributed by atoms with van der Waals surface area (Å²) in [5, 5.41) is 11.8. The average Bonchev–Trinajstić information content (AvgIpc) is 2.32. The van der Waals surface area contributed by atoms with Gasteiger partial charge in [-0.05, 0) is 24.7 Å². The molecule has 1 saturated carbocycles. The summed E-state index contributed by atoms with van der Waals surface area (Å²) in [6, 6.07) is -0.183. The smallest absolute Gasteiger partial charge is 0.323 e. The molecule has 1 aliphatic rings. The number of carbonyl (C=O) groups is 2. The van der Waals surface area contributed by atoms with Crippen molar-refractivity contribution in [2.75, 3.05) is 26.8 Å². The van der Waals surface area contributed by atoms with E-state index in [1.54, 1.807) is 0 Å². The fraction of sp³-hybridized carbons (Fsp3) is 0.857. The Hall–Kier alpha value is -1.30. The summed E-state index contributed by atoms with van der Waals surface area (Å²) >= 11 is 0. The normalized spacial score (nSPS) is 21.2. The molecule has 2 amide bonds. The van der Waals surface area contributed by atoms with Crippen LogP contribution in [0, 0.1) is 5.41 Å². The molecule has 0 radical (unpaired) electrons. The summed E-state index contributed by atoms with van der Waals surface area (Å²) in [5.41, 5.74) is 0.236.